The molecule has 204 valence electrons. The lowest BCUT2D eigenvalue weighted by Gasteiger charge is -2.26. The fraction of sp³-hybridized carbons (Fsp3) is 0.276. The van der Waals surface area contributed by atoms with E-state index >= 15 is 0 Å². The van der Waals surface area contributed by atoms with Crippen LogP contribution in [-0.4, -0.2) is 69.4 Å². The highest BCUT2D eigenvalue weighted by atomic mass is 79.9. The van der Waals surface area contributed by atoms with Gasteiger partial charge in [-0.25, -0.2) is 5.43 Å². The first-order chi connectivity index (χ1) is 19.0. The zero-order valence-electron chi connectivity index (χ0n) is 21.8. The van der Waals surface area contributed by atoms with Gasteiger partial charge in [0.15, 0.2) is 0 Å². The van der Waals surface area contributed by atoms with Crippen LogP contribution in [0.25, 0.3) is 0 Å². The molecule has 39 heavy (non-hydrogen) atoms. The third-order valence-electron chi connectivity index (χ3n) is 6.22. The first-order valence-electron chi connectivity index (χ1n) is 12.7. The Morgan fingerprint density at radius 3 is 2.49 bits per heavy atom. The molecule has 10 heteroatoms. The van der Waals surface area contributed by atoms with Crippen molar-refractivity contribution in [3.63, 3.8) is 0 Å². The van der Waals surface area contributed by atoms with Crippen LogP contribution >= 0.6 is 15.9 Å². The molecule has 4 rings (SSSR count). The van der Waals surface area contributed by atoms with Crippen molar-refractivity contribution in [2.75, 3.05) is 51.8 Å². The molecule has 1 saturated heterocycles. The number of nitrogens with zero attached hydrogens (tertiary/aromatic N) is 2. The Bertz CT molecular complexity index is 1280. The summed E-state index contributed by atoms with van der Waals surface area (Å²) in [6.07, 6.45) is 1.53. The first kappa shape index (κ1) is 28.4. The zero-order chi connectivity index (χ0) is 27.5. The number of rotatable bonds is 11. The molecule has 3 aromatic rings. The van der Waals surface area contributed by atoms with E-state index in [-0.39, 0.29) is 11.5 Å². The summed E-state index contributed by atoms with van der Waals surface area (Å²) < 4.78 is 11.2. The quantitative estimate of drug-likeness (QED) is 0.177. The van der Waals surface area contributed by atoms with Gasteiger partial charge in [-0.2, -0.15) is 5.10 Å². The van der Waals surface area contributed by atoms with Crippen molar-refractivity contribution in [2.45, 2.75) is 6.54 Å². The van der Waals surface area contributed by atoms with Gasteiger partial charge in [0.2, 0.25) is 0 Å². The topological polar surface area (TPSA) is 104 Å². The predicted molar refractivity (Wildman–Crippen MR) is 156 cm³/mol. The second-order valence-corrected chi connectivity index (χ2v) is 9.86. The van der Waals surface area contributed by atoms with Gasteiger partial charge >= 0.3 is 0 Å². The summed E-state index contributed by atoms with van der Waals surface area (Å²) in [5.74, 6) is -0.0220. The van der Waals surface area contributed by atoms with Gasteiger partial charge in [-0.15, -0.1) is 0 Å². The molecule has 0 spiro atoms. The van der Waals surface area contributed by atoms with Crippen LogP contribution in [0.2, 0.25) is 0 Å². The predicted octanol–water partition coefficient (Wildman–Crippen LogP) is 3.90. The van der Waals surface area contributed by atoms with Gasteiger partial charge in [-0.1, -0.05) is 28.1 Å². The van der Waals surface area contributed by atoms with Crippen LogP contribution in [0.4, 0.5) is 5.69 Å². The molecular formula is C29H32BrN5O4. The van der Waals surface area contributed by atoms with Crippen LogP contribution in [0.3, 0.4) is 0 Å². The molecule has 3 aromatic carbocycles. The minimum atomic E-state index is -0.449. The van der Waals surface area contributed by atoms with Gasteiger partial charge in [0.25, 0.3) is 11.8 Å². The minimum Gasteiger partial charge on any atom is -0.497 e. The third kappa shape index (κ3) is 8.72. The molecule has 0 radical (unpaired) electrons. The van der Waals surface area contributed by atoms with E-state index < -0.39 is 5.91 Å². The maximum Gasteiger partial charge on any atom is 0.273 e. The van der Waals surface area contributed by atoms with E-state index in [0.29, 0.717) is 15.7 Å². The number of carbonyl (C=O) groups excluding carboxylic acids is 2. The fourth-order valence-corrected chi connectivity index (χ4v) is 4.35. The van der Waals surface area contributed by atoms with Crippen LogP contribution < -0.4 is 20.8 Å². The molecular weight excluding hydrogens is 562 g/mol. The van der Waals surface area contributed by atoms with E-state index in [2.05, 4.69) is 42.0 Å². The number of carbonyl (C=O) groups is 2. The van der Waals surface area contributed by atoms with Gasteiger partial charge in [-0.05, 0) is 65.7 Å². The molecule has 0 saturated carbocycles. The summed E-state index contributed by atoms with van der Waals surface area (Å²) in [4.78, 5) is 28.2. The lowest BCUT2D eigenvalue weighted by molar-refractivity contribution is 0.0384. The van der Waals surface area contributed by atoms with Crippen molar-refractivity contribution >= 4 is 39.6 Å². The molecule has 0 bridgehead atoms. The summed E-state index contributed by atoms with van der Waals surface area (Å²) in [7, 11) is 1.60. The Kier molecular flexibility index (Phi) is 10.6. The van der Waals surface area contributed by atoms with Crippen molar-refractivity contribution in [1.29, 1.82) is 0 Å². The van der Waals surface area contributed by atoms with Crippen LogP contribution in [0.15, 0.2) is 76.3 Å². The number of nitrogens with one attached hydrogen (secondary N) is 3. The number of hydrazone groups is 1. The lowest BCUT2D eigenvalue weighted by Crippen LogP contribution is -2.40. The molecule has 3 N–H and O–H groups in total. The summed E-state index contributed by atoms with van der Waals surface area (Å²) in [5, 5.41) is 10.3. The Labute approximate surface area is 236 Å². The van der Waals surface area contributed by atoms with Crippen molar-refractivity contribution in [3.05, 3.63) is 93.5 Å². The molecule has 1 aliphatic rings. The SMILES string of the molecule is COc1ccc(C=NNC(=O)c2cc(Br)ccc2NC(=O)c2ccc(CNCCN3CCOCC3)cc2)cc1. The number of halogens is 1. The highest BCUT2D eigenvalue weighted by molar-refractivity contribution is 9.10. The van der Waals surface area contributed by atoms with E-state index in [1.807, 2.05) is 24.3 Å². The molecule has 0 aromatic heterocycles. The van der Waals surface area contributed by atoms with Crippen LogP contribution in [0.5, 0.6) is 5.75 Å². The van der Waals surface area contributed by atoms with Crippen molar-refractivity contribution in [2.24, 2.45) is 5.10 Å². The Balaban J connectivity index is 1.31. The lowest BCUT2D eigenvalue weighted by atomic mass is 10.1. The average molecular weight is 595 g/mol. The van der Waals surface area contributed by atoms with Crippen LogP contribution in [0.1, 0.15) is 31.8 Å². The highest BCUT2D eigenvalue weighted by Crippen LogP contribution is 2.22. The van der Waals surface area contributed by atoms with Crippen molar-refractivity contribution in [3.8, 4) is 5.75 Å². The largest absolute Gasteiger partial charge is 0.497 e. The van der Waals surface area contributed by atoms with E-state index in [4.69, 9.17) is 9.47 Å². The Morgan fingerprint density at radius 1 is 1.03 bits per heavy atom. The van der Waals surface area contributed by atoms with E-state index in [1.165, 1.54) is 6.21 Å². The fourth-order valence-electron chi connectivity index (χ4n) is 3.99. The Hall–Kier alpha value is -3.57. The molecule has 0 aliphatic carbocycles. The number of ether oxygens (including phenoxy) is 2. The normalized spacial score (nSPS) is 13.8. The maximum atomic E-state index is 12.9. The van der Waals surface area contributed by atoms with Crippen LogP contribution in [-0.2, 0) is 11.3 Å². The summed E-state index contributed by atoms with van der Waals surface area (Å²) >= 11 is 3.39. The maximum absolute atomic E-state index is 12.9. The highest BCUT2D eigenvalue weighted by Gasteiger charge is 2.15. The van der Waals surface area contributed by atoms with Gasteiger partial charge in [-0.3, -0.25) is 14.5 Å². The number of benzene rings is 3. The molecule has 2 amide bonds. The van der Waals surface area contributed by atoms with E-state index in [9.17, 15) is 9.59 Å². The number of amides is 2. The number of anilines is 1. The summed E-state index contributed by atoms with van der Waals surface area (Å²) in [5.41, 5.74) is 5.58. The summed E-state index contributed by atoms with van der Waals surface area (Å²) in [6, 6.07) is 19.8. The standard InChI is InChI=1S/C29H32BrN5O4/c1-38-25-9-4-22(5-10-25)20-32-34-29(37)26-18-24(30)8-11-27(26)33-28(36)23-6-2-21(3-7-23)19-31-12-13-35-14-16-39-17-15-35/h2-11,18,20,31H,12-17,19H2,1H3,(H,33,36)(H,34,37). The molecule has 1 fully saturated rings. The van der Waals surface area contributed by atoms with Crippen LogP contribution in [0, 0.1) is 0 Å². The number of hydrogen-bond acceptors (Lipinski definition) is 7. The van der Waals surface area contributed by atoms with Gasteiger partial charge in [0, 0.05) is 42.8 Å². The van der Waals surface area contributed by atoms with Gasteiger partial charge in [0.05, 0.1) is 37.8 Å². The Morgan fingerprint density at radius 2 is 1.77 bits per heavy atom. The number of morpholine rings is 1. The van der Waals surface area contributed by atoms with Crippen molar-refractivity contribution < 1.29 is 19.1 Å². The summed E-state index contributed by atoms with van der Waals surface area (Å²) in [6.45, 7) is 6.15. The second-order valence-electron chi connectivity index (χ2n) is 8.94. The third-order valence-corrected chi connectivity index (χ3v) is 6.72. The second kappa shape index (κ2) is 14.5. The first-order valence-corrected chi connectivity index (χ1v) is 13.5. The van der Waals surface area contributed by atoms with E-state index in [1.54, 1.807) is 49.6 Å². The van der Waals surface area contributed by atoms with Crippen molar-refractivity contribution in [1.82, 2.24) is 15.6 Å². The minimum absolute atomic E-state index is 0.283. The molecule has 0 unspecified atom stereocenters. The average Bonchev–Trinajstić information content (AvgIpc) is 2.97. The zero-order valence-corrected chi connectivity index (χ0v) is 23.4. The molecule has 1 heterocycles. The molecule has 0 atom stereocenters. The number of hydrogen-bond donors (Lipinski definition) is 3. The van der Waals surface area contributed by atoms with E-state index in [0.717, 1.165) is 62.8 Å². The number of methoxy groups -OCH3 is 1. The van der Waals surface area contributed by atoms with Gasteiger partial charge in [0.1, 0.15) is 5.75 Å². The monoisotopic (exact) mass is 593 g/mol. The smallest absolute Gasteiger partial charge is 0.273 e. The van der Waals surface area contributed by atoms with Gasteiger partial charge < -0.3 is 20.1 Å². The molecule has 9 nitrogen and oxygen atoms in total. The molecule has 1 aliphatic heterocycles.